The Morgan fingerprint density at radius 3 is 2.52 bits per heavy atom. The topological polar surface area (TPSA) is 67.1 Å². The summed E-state index contributed by atoms with van der Waals surface area (Å²) in [5, 5.41) is 14.4. The molecule has 0 saturated heterocycles. The first-order chi connectivity index (χ1) is 12.3. The van der Waals surface area contributed by atoms with Crippen molar-refractivity contribution in [2.45, 2.75) is 13.1 Å². The van der Waals surface area contributed by atoms with Crippen LogP contribution in [0.15, 0.2) is 65.9 Å². The van der Waals surface area contributed by atoms with Crippen LogP contribution in [-0.4, -0.2) is 27.8 Å². The minimum Gasteiger partial charge on any atom is -0.352 e. The molecule has 3 aromatic rings. The maximum absolute atomic E-state index is 13.7. The van der Waals surface area contributed by atoms with Crippen LogP contribution >= 0.6 is 0 Å². The van der Waals surface area contributed by atoms with E-state index >= 15 is 0 Å². The van der Waals surface area contributed by atoms with Gasteiger partial charge >= 0.3 is 0 Å². The summed E-state index contributed by atoms with van der Waals surface area (Å²) in [6, 6.07) is 16.5. The van der Waals surface area contributed by atoms with Crippen LogP contribution < -0.4 is 10.6 Å². The predicted molar refractivity (Wildman–Crippen MR) is 94.8 cm³/mol. The lowest BCUT2D eigenvalue weighted by Gasteiger charge is -2.12. The number of rotatable bonds is 5. The van der Waals surface area contributed by atoms with Crippen LogP contribution in [0.1, 0.15) is 11.4 Å². The molecule has 6 nitrogen and oxygen atoms in total. The Morgan fingerprint density at radius 2 is 1.76 bits per heavy atom. The van der Waals surface area contributed by atoms with Crippen molar-refractivity contribution in [3.8, 4) is 5.69 Å². The van der Waals surface area contributed by atoms with Crippen molar-refractivity contribution in [2.24, 2.45) is 4.99 Å². The molecule has 0 radical (unpaired) electrons. The number of hydrogen-bond donors (Lipinski definition) is 2. The van der Waals surface area contributed by atoms with Crippen molar-refractivity contribution < 1.29 is 4.39 Å². The van der Waals surface area contributed by atoms with Crippen molar-refractivity contribution in [3.63, 3.8) is 0 Å². The normalized spacial score (nSPS) is 11.4. The monoisotopic (exact) mass is 338 g/mol. The highest BCUT2D eigenvalue weighted by Crippen LogP contribution is 2.08. The largest absolute Gasteiger partial charge is 0.352 e. The van der Waals surface area contributed by atoms with Gasteiger partial charge in [-0.05, 0) is 18.2 Å². The van der Waals surface area contributed by atoms with Crippen molar-refractivity contribution in [3.05, 3.63) is 78.1 Å². The Bertz CT molecular complexity index is 844. The van der Waals surface area contributed by atoms with E-state index in [1.165, 1.54) is 6.07 Å². The molecule has 7 heteroatoms. The first-order valence-corrected chi connectivity index (χ1v) is 7.90. The number of nitrogens with one attached hydrogen (secondary N) is 2. The van der Waals surface area contributed by atoms with Crippen molar-refractivity contribution >= 4 is 5.96 Å². The van der Waals surface area contributed by atoms with E-state index in [-0.39, 0.29) is 5.82 Å². The van der Waals surface area contributed by atoms with E-state index < -0.39 is 0 Å². The van der Waals surface area contributed by atoms with Crippen LogP contribution in [0.2, 0.25) is 0 Å². The number of aromatic nitrogens is 3. The Balaban J connectivity index is 1.61. The number of aliphatic imine (C=N–C) groups is 1. The van der Waals surface area contributed by atoms with Crippen molar-refractivity contribution in [2.75, 3.05) is 7.05 Å². The zero-order chi connectivity index (χ0) is 17.5. The molecule has 25 heavy (non-hydrogen) atoms. The summed E-state index contributed by atoms with van der Waals surface area (Å²) in [5.41, 5.74) is 1.57. The minimum absolute atomic E-state index is 0.241. The molecular weight excluding hydrogens is 319 g/mol. The lowest BCUT2D eigenvalue weighted by Crippen LogP contribution is -2.37. The molecule has 0 unspecified atom stereocenters. The van der Waals surface area contributed by atoms with E-state index in [1.54, 1.807) is 31.6 Å². The molecule has 1 aromatic heterocycles. The van der Waals surface area contributed by atoms with Gasteiger partial charge in [-0.2, -0.15) is 0 Å². The fraction of sp³-hybridized carbons (Fsp3) is 0.167. The lowest BCUT2D eigenvalue weighted by atomic mass is 10.2. The van der Waals surface area contributed by atoms with Gasteiger partial charge in [0.1, 0.15) is 12.1 Å². The number of guanidine groups is 1. The second kappa shape index (κ2) is 8.05. The highest BCUT2D eigenvalue weighted by Gasteiger charge is 2.08. The molecule has 2 N–H and O–H groups in total. The number of hydrogen-bond acceptors (Lipinski definition) is 3. The van der Waals surface area contributed by atoms with Gasteiger partial charge in [-0.1, -0.05) is 36.4 Å². The second-order valence-corrected chi connectivity index (χ2v) is 5.32. The van der Waals surface area contributed by atoms with Crippen LogP contribution in [0.25, 0.3) is 5.69 Å². The van der Waals surface area contributed by atoms with Gasteiger partial charge in [0.2, 0.25) is 0 Å². The van der Waals surface area contributed by atoms with E-state index in [2.05, 4.69) is 25.8 Å². The first-order valence-electron chi connectivity index (χ1n) is 7.90. The molecule has 0 bridgehead atoms. The molecule has 0 amide bonds. The average Bonchev–Trinajstić information content (AvgIpc) is 3.12. The SMILES string of the molecule is CN=C(NCc1ccccc1F)NCc1nncn1-c1ccccc1. The average molecular weight is 338 g/mol. The highest BCUT2D eigenvalue weighted by molar-refractivity contribution is 5.79. The predicted octanol–water partition coefficient (Wildman–Crippen LogP) is 2.27. The highest BCUT2D eigenvalue weighted by atomic mass is 19.1. The summed E-state index contributed by atoms with van der Waals surface area (Å²) in [5.74, 6) is 1.07. The molecule has 0 saturated carbocycles. The zero-order valence-corrected chi connectivity index (χ0v) is 13.9. The summed E-state index contributed by atoms with van der Waals surface area (Å²) in [4.78, 5) is 4.15. The molecular formula is C18H19FN6. The molecule has 2 aromatic carbocycles. The van der Waals surface area contributed by atoms with Crippen LogP contribution in [0.4, 0.5) is 4.39 Å². The molecule has 0 atom stereocenters. The van der Waals surface area contributed by atoms with Gasteiger partial charge in [0, 0.05) is 24.8 Å². The first kappa shape index (κ1) is 16.6. The molecule has 0 aliphatic carbocycles. The van der Waals surface area contributed by atoms with E-state index in [0.29, 0.717) is 24.6 Å². The van der Waals surface area contributed by atoms with Gasteiger partial charge in [0.15, 0.2) is 11.8 Å². The van der Waals surface area contributed by atoms with Gasteiger partial charge in [0.05, 0.1) is 6.54 Å². The van der Waals surface area contributed by atoms with Gasteiger partial charge in [-0.25, -0.2) is 4.39 Å². The van der Waals surface area contributed by atoms with E-state index in [4.69, 9.17) is 0 Å². The van der Waals surface area contributed by atoms with Crippen LogP contribution in [0, 0.1) is 5.82 Å². The van der Waals surface area contributed by atoms with E-state index in [0.717, 1.165) is 11.5 Å². The van der Waals surface area contributed by atoms with Gasteiger partial charge < -0.3 is 10.6 Å². The van der Waals surface area contributed by atoms with E-state index in [1.807, 2.05) is 34.9 Å². The number of para-hydroxylation sites is 1. The molecule has 0 fully saturated rings. The van der Waals surface area contributed by atoms with Gasteiger partial charge in [0.25, 0.3) is 0 Å². The van der Waals surface area contributed by atoms with Crippen LogP contribution in [0.5, 0.6) is 0 Å². The summed E-state index contributed by atoms with van der Waals surface area (Å²) >= 11 is 0. The summed E-state index contributed by atoms with van der Waals surface area (Å²) in [6.45, 7) is 0.781. The van der Waals surface area contributed by atoms with Crippen LogP contribution in [-0.2, 0) is 13.1 Å². The molecule has 3 rings (SSSR count). The molecule has 0 aliphatic rings. The second-order valence-electron chi connectivity index (χ2n) is 5.32. The molecule has 0 aliphatic heterocycles. The Hall–Kier alpha value is -3.22. The third-order valence-electron chi connectivity index (χ3n) is 3.69. The fourth-order valence-corrected chi connectivity index (χ4v) is 2.39. The Morgan fingerprint density at radius 1 is 1.04 bits per heavy atom. The summed E-state index contributed by atoms with van der Waals surface area (Å²) < 4.78 is 15.6. The van der Waals surface area contributed by atoms with Crippen molar-refractivity contribution in [1.29, 1.82) is 0 Å². The molecule has 1 heterocycles. The fourth-order valence-electron chi connectivity index (χ4n) is 2.39. The number of halogens is 1. The number of nitrogens with zero attached hydrogens (tertiary/aromatic N) is 4. The lowest BCUT2D eigenvalue weighted by molar-refractivity contribution is 0.604. The van der Waals surface area contributed by atoms with Gasteiger partial charge in [-0.15, -0.1) is 10.2 Å². The smallest absolute Gasteiger partial charge is 0.191 e. The summed E-state index contributed by atoms with van der Waals surface area (Å²) in [7, 11) is 1.67. The maximum Gasteiger partial charge on any atom is 0.191 e. The minimum atomic E-state index is -0.241. The van der Waals surface area contributed by atoms with E-state index in [9.17, 15) is 4.39 Å². The molecule has 128 valence electrons. The number of benzene rings is 2. The standard InChI is InChI=1S/C18H19FN6/c1-20-18(21-11-14-7-5-6-10-16(14)19)22-12-17-24-23-13-25(17)15-8-3-2-4-9-15/h2-10,13H,11-12H2,1H3,(H2,20,21,22). The van der Waals surface area contributed by atoms with Gasteiger partial charge in [-0.3, -0.25) is 9.56 Å². The molecule has 0 spiro atoms. The Labute approximate surface area is 145 Å². The zero-order valence-electron chi connectivity index (χ0n) is 13.9. The summed E-state index contributed by atoms with van der Waals surface area (Å²) in [6.07, 6.45) is 1.67. The Kier molecular flexibility index (Phi) is 5.36. The van der Waals surface area contributed by atoms with Crippen LogP contribution in [0.3, 0.4) is 0 Å². The maximum atomic E-state index is 13.7. The third-order valence-corrected chi connectivity index (χ3v) is 3.69. The third kappa shape index (κ3) is 4.20. The quantitative estimate of drug-likeness (QED) is 0.553. The van der Waals surface area contributed by atoms with Crippen molar-refractivity contribution in [1.82, 2.24) is 25.4 Å².